The van der Waals surface area contributed by atoms with Gasteiger partial charge in [-0.1, -0.05) is 71.6 Å². The van der Waals surface area contributed by atoms with Crippen molar-refractivity contribution >= 4 is 0 Å². The molecule has 1 unspecified atom stereocenters. The van der Waals surface area contributed by atoms with Crippen molar-refractivity contribution in [2.24, 2.45) is 0 Å². The minimum absolute atomic E-state index is 0.348. The maximum atomic E-state index is 5.44. The summed E-state index contributed by atoms with van der Waals surface area (Å²) >= 11 is 0. The number of ether oxygens (including phenoxy) is 1. The van der Waals surface area contributed by atoms with E-state index in [-0.39, 0.29) is 0 Å². The van der Waals surface area contributed by atoms with Crippen LogP contribution in [0.1, 0.15) is 97.3 Å². The molecule has 1 heteroatoms. The van der Waals surface area contributed by atoms with Gasteiger partial charge in [-0.2, -0.15) is 0 Å². The topological polar surface area (TPSA) is 9.23 Å². The Morgan fingerprint density at radius 3 is 1.95 bits per heavy atom. The van der Waals surface area contributed by atoms with Crippen LogP contribution in [-0.2, 0) is 4.74 Å². The highest BCUT2D eigenvalue weighted by atomic mass is 16.5. The molecule has 0 heterocycles. The summed E-state index contributed by atoms with van der Waals surface area (Å²) in [5.74, 6) is 6.60. The molecular formula is C19H36O. The molecule has 0 spiro atoms. The summed E-state index contributed by atoms with van der Waals surface area (Å²) < 4.78 is 5.44. The maximum Gasteiger partial charge on any atom is 0.0680 e. The van der Waals surface area contributed by atoms with Crippen LogP contribution in [0.3, 0.4) is 0 Å². The van der Waals surface area contributed by atoms with E-state index in [1.54, 1.807) is 7.11 Å². The van der Waals surface area contributed by atoms with Crippen LogP contribution in [0.2, 0.25) is 0 Å². The molecule has 0 saturated heterocycles. The first-order valence-electron chi connectivity index (χ1n) is 8.83. The third-order valence-corrected chi connectivity index (χ3v) is 3.82. The van der Waals surface area contributed by atoms with Crippen molar-refractivity contribution in [3.8, 4) is 11.8 Å². The van der Waals surface area contributed by atoms with Gasteiger partial charge in [0.2, 0.25) is 0 Å². The molecule has 0 amide bonds. The molecule has 0 saturated carbocycles. The second-order valence-corrected chi connectivity index (χ2v) is 5.78. The van der Waals surface area contributed by atoms with Gasteiger partial charge in [-0.05, 0) is 12.8 Å². The average molecular weight is 280 g/mol. The van der Waals surface area contributed by atoms with Gasteiger partial charge in [0.25, 0.3) is 0 Å². The van der Waals surface area contributed by atoms with Crippen LogP contribution in [0.4, 0.5) is 0 Å². The molecule has 0 rings (SSSR count). The quantitative estimate of drug-likeness (QED) is 0.292. The van der Waals surface area contributed by atoms with Crippen LogP contribution in [0.5, 0.6) is 0 Å². The van der Waals surface area contributed by atoms with Crippen LogP contribution in [0.25, 0.3) is 0 Å². The first-order chi connectivity index (χ1) is 9.85. The normalized spacial score (nSPS) is 11.9. The van der Waals surface area contributed by atoms with Crippen molar-refractivity contribution in [3.63, 3.8) is 0 Å². The third kappa shape index (κ3) is 13.9. The molecule has 118 valence electrons. The molecule has 0 aliphatic rings. The molecule has 0 aromatic heterocycles. The molecule has 0 fully saturated rings. The van der Waals surface area contributed by atoms with Crippen molar-refractivity contribution in [1.82, 2.24) is 0 Å². The van der Waals surface area contributed by atoms with E-state index in [1.807, 2.05) is 0 Å². The lowest BCUT2D eigenvalue weighted by molar-refractivity contribution is 0.0975. The first-order valence-corrected chi connectivity index (χ1v) is 8.83. The Hall–Kier alpha value is -0.480. The van der Waals surface area contributed by atoms with Gasteiger partial charge in [0.05, 0.1) is 6.10 Å². The summed E-state index contributed by atoms with van der Waals surface area (Å²) in [6.07, 6.45) is 17.0. The second kappa shape index (κ2) is 16.6. The smallest absolute Gasteiger partial charge is 0.0680 e. The maximum absolute atomic E-state index is 5.44. The van der Waals surface area contributed by atoms with Gasteiger partial charge in [0.15, 0.2) is 0 Å². The zero-order valence-electron chi connectivity index (χ0n) is 14.2. The number of hydrogen-bond donors (Lipinski definition) is 0. The SMILES string of the molecule is CCCCCCCCCCC#CCC(CCCC)OC. The monoisotopic (exact) mass is 280 g/mol. The fourth-order valence-electron chi connectivity index (χ4n) is 2.36. The molecule has 0 N–H and O–H groups in total. The van der Waals surface area contributed by atoms with Gasteiger partial charge in [-0.25, -0.2) is 0 Å². The highest BCUT2D eigenvalue weighted by Crippen LogP contribution is 2.10. The van der Waals surface area contributed by atoms with Gasteiger partial charge in [0.1, 0.15) is 0 Å². The minimum Gasteiger partial charge on any atom is -0.380 e. The molecule has 0 aromatic carbocycles. The molecule has 0 radical (unpaired) electrons. The van der Waals surface area contributed by atoms with Gasteiger partial charge in [0, 0.05) is 20.0 Å². The average Bonchev–Trinajstić information content (AvgIpc) is 2.48. The Balaban J connectivity index is 3.35. The van der Waals surface area contributed by atoms with Gasteiger partial charge >= 0.3 is 0 Å². The molecule has 0 aliphatic heterocycles. The molecule has 20 heavy (non-hydrogen) atoms. The van der Waals surface area contributed by atoms with E-state index in [0.29, 0.717) is 6.10 Å². The number of hydrogen-bond acceptors (Lipinski definition) is 1. The Morgan fingerprint density at radius 2 is 1.35 bits per heavy atom. The Bertz CT molecular complexity index is 236. The summed E-state index contributed by atoms with van der Waals surface area (Å²) in [5.41, 5.74) is 0. The first kappa shape index (κ1) is 19.5. The number of methoxy groups -OCH3 is 1. The largest absolute Gasteiger partial charge is 0.380 e. The Labute approximate surface area is 127 Å². The van der Waals surface area contributed by atoms with E-state index in [4.69, 9.17) is 4.74 Å². The summed E-state index contributed by atoms with van der Waals surface area (Å²) in [6.45, 7) is 4.50. The van der Waals surface area contributed by atoms with Crippen molar-refractivity contribution in [2.45, 2.75) is 103 Å². The molecule has 1 nitrogen and oxygen atoms in total. The highest BCUT2D eigenvalue weighted by Gasteiger charge is 2.03. The van der Waals surface area contributed by atoms with Crippen molar-refractivity contribution in [3.05, 3.63) is 0 Å². The summed E-state index contributed by atoms with van der Waals surface area (Å²) in [6, 6.07) is 0. The molecular weight excluding hydrogens is 244 g/mol. The lowest BCUT2D eigenvalue weighted by atomic mass is 10.1. The second-order valence-electron chi connectivity index (χ2n) is 5.78. The molecule has 0 bridgehead atoms. The fraction of sp³-hybridized carbons (Fsp3) is 0.895. The van der Waals surface area contributed by atoms with E-state index in [0.717, 1.165) is 19.3 Å². The van der Waals surface area contributed by atoms with Crippen LogP contribution in [0, 0.1) is 11.8 Å². The predicted octanol–water partition coefficient (Wildman–Crippen LogP) is 6.12. The van der Waals surface area contributed by atoms with E-state index >= 15 is 0 Å². The van der Waals surface area contributed by atoms with E-state index in [9.17, 15) is 0 Å². The van der Waals surface area contributed by atoms with Crippen molar-refractivity contribution < 1.29 is 4.74 Å². The van der Waals surface area contributed by atoms with Gasteiger partial charge in [-0.3, -0.25) is 0 Å². The van der Waals surface area contributed by atoms with E-state index < -0.39 is 0 Å². The van der Waals surface area contributed by atoms with Crippen LogP contribution in [0.15, 0.2) is 0 Å². The molecule has 0 aliphatic carbocycles. The fourth-order valence-corrected chi connectivity index (χ4v) is 2.36. The summed E-state index contributed by atoms with van der Waals surface area (Å²) in [7, 11) is 1.81. The van der Waals surface area contributed by atoms with Crippen LogP contribution >= 0.6 is 0 Å². The zero-order chi connectivity index (χ0) is 14.9. The zero-order valence-corrected chi connectivity index (χ0v) is 14.2. The van der Waals surface area contributed by atoms with E-state index in [1.165, 1.54) is 64.2 Å². The highest BCUT2D eigenvalue weighted by molar-refractivity contribution is 5.00. The lowest BCUT2D eigenvalue weighted by Crippen LogP contribution is -2.08. The van der Waals surface area contributed by atoms with Crippen LogP contribution in [-0.4, -0.2) is 13.2 Å². The van der Waals surface area contributed by atoms with Gasteiger partial charge in [-0.15, -0.1) is 11.8 Å². The Morgan fingerprint density at radius 1 is 0.750 bits per heavy atom. The standard InChI is InChI=1S/C19H36O/c1-4-6-8-9-10-11-12-13-14-15-16-18-19(20-3)17-7-5-2/h19H,4-14,17-18H2,1-3H3. The van der Waals surface area contributed by atoms with Crippen molar-refractivity contribution in [2.75, 3.05) is 7.11 Å². The minimum atomic E-state index is 0.348. The number of unbranched alkanes of at least 4 members (excludes halogenated alkanes) is 9. The van der Waals surface area contributed by atoms with Crippen molar-refractivity contribution in [1.29, 1.82) is 0 Å². The summed E-state index contributed by atoms with van der Waals surface area (Å²) in [4.78, 5) is 0. The molecule has 1 atom stereocenters. The summed E-state index contributed by atoms with van der Waals surface area (Å²) in [5, 5.41) is 0. The lowest BCUT2D eigenvalue weighted by Gasteiger charge is -2.10. The molecule has 0 aromatic rings. The predicted molar refractivity (Wildman–Crippen MR) is 89.9 cm³/mol. The number of rotatable bonds is 13. The van der Waals surface area contributed by atoms with Gasteiger partial charge < -0.3 is 4.74 Å². The Kier molecular flexibility index (Phi) is 16.2. The van der Waals surface area contributed by atoms with E-state index in [2.05, 4.69) is 25.7 Å². The third-order valence-electron chi connectivity index (χ3n) is 3.82. The van der Waals surface area contributed by atoms with Crippen LogP contribution < -0.4 is 0 Å².